The fraction of sp³-hybridized carbons (Fsp3) is 0.562. The molecule has 2 amide bonds. The second-order valence-corrected chi connectivity index (χ2v) is 8.09. The zero-order valence-electron chi connectivity index (χ0n) is 14.3. The molecular formula is C16H22N2O4S. The Hall–Kier alpha value is -2.07. The molecule has 0 N–H and O–H groups in total. The summed E-state index contributed by atoms with van der Waals surface area (Å²) < 4.78 is 10.5. The third-order valence-corrected chi connectivity index (χ3v) is 3.29. The predicted molar refractivity (Wildman–Crippen MR) is 87.0 cm³/mol. The molecule has 0 saturated carbocycles. The van der Waals surface area contributed by atoms with Crippen molar-refractivity contribution < 1.29 is 19.1 Å². The fourth-order valence-electron chi connectivity index (χ4n) is 1.52. The molecule has 1 aromatic rings. The van der Waals surface area contributed by atoms with Crippen molar-refractivity contribution in [1.82, 2.24) is 4.90 Å². The largest absolute Gasteiger partial charge is 0.443 e. The highest BCUT2D eigenvalue weighted by molar-refractivity contribution is 7.12. The molecule has 0 fully saturated rings. The van der Waals surface area contributed by atoms with Crippen molar-refractivity contribution in [3.05, 3.63) is 21.9 Å². The lowest BCUT2D eigenvalue weighted by atomic mass is 10.2. The molecule has 0 unspecified atom stereocenters. The van der Waals surface area contributed by atoms with Gasteiger partial charge in [-0.2, -0.15) is 5.26 Å². The van der Waals surface area contributed by atoms with E-state index in [1.807, 2.05) is 6.07 Å². The van der Waals surface area contributed by atoms with Gasteiger partial charge < -0.3 is 9.47 Å². The lowest BCUT2D eigenvalue weighted by Gasteiger charge is -2.28. The highest BCUT2D eigenvalue weighted by atomic mass is 32.1. The van der Waals surface area contributed by atoms with E-state index in [4.69, 9.17) is 14.7 Å². The Balaban J connectivity index is 2.98. The van der Waals surface area contributed by atoms with E-state index < -0.39 is 23.4 Å². The average Bonchev–Trinajstić information content (AvgIpc) is 2.79. The SMILES string of the molecule is CC(C)(C)OC(=O)N(Cc1ccc(C#N)s1)C(=O)OC(C)(C)C. The molecule has 0 radical (unpaired) electrons. The molecule has 0 aliphatic rings. The molecule has 126 valence electrons. The molecule has 1 aromatic heterocycles. The highest BCUT2D eigenvalue weighted by Gasteiger charge is 2.31. The molecule has 7 heteroatoms. The van der Waals surface area contributed by atoms with E-state index in [2.05, 4.69) is 0 Å². The summed E-state index contributed by atoms with van der Waals surface area (Å²) in [6.45, 7) is 10.3. The minimum absolute atomic E-state index is 0.00380. The second kappa shape index (κ2) is 7.01. The maximum atomic E-state index is 12.3. The second-order valence-electron chi connectivity index (χ2n) is 6.92. The predicted octanol–water partition coefficient (Wildman–Crippen LogP) is 4.29. The van der Waals surface area contributed by atoms with E-state index >= 15 is 0 Å². The van der Waals surface area contributed by atoms with Crippen LogP contribution in [-0.4, -0.2) is 28.3 Å². The van der Waals surface area contributed by atoms with Gasteiger partial charge in [-0.05, 0) is 53.7 Å². The number of nitriles is 1. The summed E-state index contributed by atoms with van der Waals surface area (Å²) in [6, 6.07) is 5.36. The van der Waals surface area contributed by atoms with Crippen LogP contribution in [0.3, 0.4) is 0 Å². The van der Waals surface area contributed by atoms with Gasteiger partial charge in [-0.15, -0.1) is 11.3 Å². The van der Waals surface area contributed by atoms with Gasteiger partial charge in [0.2, 0.25) is 0 Å². The van der Waals surface area contributed by atoms with Crippen LogP contribution in [0, 0.1) is 11.3 Å². The number of ether oxygens (including phenoxy) is 2. The lowest BCUT2D eigenvalue weighted by Crippen LogP contribution is -2.43. The molecular weight excluding hydrogens is 316 g/mol. The maximum absolute atomic E-state index is 12.3. The summed E-state index contributed by atoms with van der Waals surface area (Å²) in [5, 5.41) is 8.87. The molecule has 0 bridgehead atoms. The van der Waals surface area contributed by atoms with E-state index in [0.29, 0.717) is 9.75 Å². The van der Waals surface area contributed by atoms with Crippen molar-refractivity contribution in [2.45, 2.75) is 59.3 Å². The van der Waals surface area contributed by atoms with Crippen LogP contribution < -0.4 is 0 Å². The minimum atomic E-state index is -0.779. The van der Waals surface area contributed by atoms with Crippen molar-refractivity contribution in [3.8, 4) is 6.07 Å². The highest BCUT2D eigenvalue weighted by Crippen LogP contribution is 2.21. The van der Waals surface area contributed by atoms with E-state index in [9.17, 15) is 9.59 Å². The van der Waals surface area contributed by atoms with Crippen LogP contribution >= 0.6 is 11.3 Å². The molecule has 1 rings (SSSR count). The number of hydrogen-bond donors (Lipinski definition) is 0. The standard InChI is InChI=1S/C16H22N2O4S/c1-15(2,3)21-13(19)18(14(20)22-16(4,5)6)10-12-8-7-11(9-17)23-12/h7-8H,10H2,1-6H3. The number of amides is 2. The van der Waals surface area contributed by atoms with Crippen LogP contribution in [0.15, 0.2) is 12.1 Å². The number of nitrogens with zero attached hydrogens (tertiary/aromatic N) is 2. The Morgan fingerprint density at radius 3 is 1.91 bits per heavy atom. The Bertz CT molecular complexity index is 589. The van der Waals surface area contributed by atoms with Gasteiger partial charge in [-0.1, -0.05) is 0 Å². The van der Waals surface area contributed by atoms with Crippen molar-refractivity contribution in [3.63, 3.8) is 0 Å². The lowest BCUT2D eigenvalue weighted by molar-refractivity contribution is -0.0000492. The fourth-order valence-corrected chi connectivity index (χ4v) is 2.31. The van der Waals surface area contributed by atoms with Crippen LogP contribution in [0.4, 0.5) is 9.59 Å². The van der Waals surface area contributed by atoms with E-state index in [1.54, 1.807) is 53.7 Å². The summed E-state index contributed by atoms with van der Waals surface area (Å²) in [5.41, 5.74) is -1.46. The van der Waals surface area contributed by atoms with Crippen molar-refractivity contribution in [1.29, 1.82) is 5.26 Å². The first-order valence-electron chi connectivity index (χ1n) is 7.13. The number of rotatable bonds is 2. The zero-order valence-corrected chi connectivity index (χ0v) is 15.1. The molecule has 0 aromatic carbocycles. The molecule has 0 spiro atoms. The van der Waals surface area contributed by atoms with Crippen LogP contribution in [0.2, 0.25) is 0 Å². The van der Waals surface area contributed by atoms with Gasteiger partial charge in [0, 0.05) is 4.88 Å². The van der Waals surface area contributed by atoms with Gasteiger partial charge >= 0.3 is 12.2 Å². The molecule has 0 aliphatic heterocycles. The molecule has 0 aliphatic carbocycles. The Morgan fingerprint density at radius 1 is 1.09 bits per heavy atom. The number of imide groups is 1. The molecule has 0 atom stereocenters. The molecule has 0 saturated heterocycles. The first-order valence-corrected chi connectivity index (χ1v) is 7.95. The Kier molecular flexibility index (Phi) is 5.78. The number of hydrogen-bond acceptors (Lipinski definition) is 6. The minimum Gasteiger partial charge on any atom is -0.443 e. The van der Waals surface area contributed by atoms with Gasteiger partial charge in [0.15, 0.2) is 0 Å². The number of carbonyl (C=O) groups is 2. The van der Waals surface area contributed by atoms with Gasteiger partial charge in [0.05, 0.1) is 6.54 Å². The molecule has 23 heavy (non-hydrogen) atoms. The summed E-state index contributed by atoms with van der Waals surface area (Å²) in [6.07, 6.45) is -1.56. The van der Waals surface area contributed by atoms with Crippen LogP contribution in [-0.2, 0) is 16.0 Å². The maximum Gasteiger partial charge on any atom is 0.420 e. The van der Waals surface area contributed by atoms with Gasteiger partial charge in [0.25, 0.3) is 0 Å². The smallest absolute Gasteiger partial charge is 0.420 e. The Labute approximate surface area is 140 Å². The number of carbonyl (C=O) groups excluding carboxylic acids is 2. The topological polar surface area (TPSA) is 79.6 Å². The van der Waals surface area contributed by atoms with Crippen LogP contribution in [0.5, 0.6) is 0 Å². The summed E-state index contributed by atoms with van der Waals surface area (Å²) in [7, 11) is 0. The normalized spacial score (nSPS) is 11.5. The van der Waals surface area contributed by atoms with Crippen LogP contribution in [0.25, 0.3) is 0 Å². The summed E-state index contributed by atoms with van der Waals surface area (Å²) in [5.74, 6) is 0. The van der Waals surface area contributed by atoms with Crippen molar-refractivity contribution in [2.24, 2.45) is 0 Å². The first-order chi connectivity index (χ1) is 10.4. The number of thiophene rings is 1. The van der Waals surface area contributed by atoms with E-state index in [0.717, 1.165) is 4.90 Å². The first kappa shape index (κ1) is 19.0. The van der Waals surface area contributed by atoms with Gasteiger partial charge in [0.1, 0.15) is 22.1 Å². The quantitative estimate of drug-likeness (QED) is 0.803. The van der Waals surface area contributed by atoms with Crippen molar-refractivity contribution >= 4 is 23.5 Å². The van der Waals surface area contributed by atoms with Gasteiger partial charge in [-0.3, -0.25) is 0 Å². The molecule has 6 nitrogen and oxygen atoms in total. The van der Waals surface area contributed by atoms with Crippen LogP contribution in [0.1, 0.15) is 51.3 Å². The van der Waals surface area contributed by atoms with Crippen molar-refractivity contribution in [2.75, 3.05) is 0 Å². The third-order valence-electron chi connectivity index (χ3n) is 2.31. The third kappa shape index (κ3) is 6.70. The van der Waals surface area contributed by atoms with E-state index in [-0.39, 0.29) is 6.54 Å². The van der Waals surface area contributed by atoms with E-state index in [1.165, 1.54) is 11.3 Å². The Morgan fingerprint density at radius 2 is 1.57 bits per heavy atom. The average molecular weight is 338 g/mol. The van der Waals surface area contributed by atoms with Gasteiger partial charge in [-0.25, -0.2) is 14.5 Å². The monoisotopic (exact) mass is 338 g/mol. The summed E-state index contributed by atoms with van der Waals surface area (Å²) in [4.78, 5) is 26.7. The summed E-state index contributed by atoms with van der Waals surface area (Å²) >= 11 is 1.21. The molecule has 1 heterocycles. The zero-order chi connectivity index (χ0) is 17.8.